The minimum Gasteiger partial charge on any atom is -0.369 e. The lowest BCUT2D eigenvalue weighted by Gasteiger charge is -2.35. The molecule has 0 unspecified atom stereocenters. The Kier molecular flexibility index (Phi) is 3.97. The molecule has 0 bridgehead atoms. The van der Waals surface area contributed by atoms with E-state index in [1.807, 2.05) is 0 Å². The van der Waals surface area contributed by atoms with Crippen molar-refractivity contribution in [1.82, 2.24) is 15.4 Å². The van der Waals surface area contributed by atoms with E-state index in [0.29, 0.717) is 6.04 Å². The number of nitrogens with one attached hydrogen (secondary N) is 1. The van der Waals surface area contributed by atoms with Gasteiger partial charge in [0.1, 0.15) is 0 Å². The van der Waals surface area contributed by atoms with Crippen molar-refractivity contribution in [3.8, 4) is 0 Å². The first-order valence-electron chi connectivity index (χ1n) is 4.86. The predicted molar refractivity (Wildman–Crippen MR) is 57.2 cm³/mol. The van der Waals surface area contributed by atoms with Gasteiger partial charge in [-0.3, -0.25) is 0 Å². The highest BCUT2D eigenvalue weighted by Crippen LogP contribution is 2.10. The zero-order valence-electron chi connectivity index (χ0n) is 8.90. The maximum absolute atomic E-state index is 5.23. The van der Waals surface area contributed by atoms with E-state index < -0.39 is 0 Å². The lowest BCUT2D eigenvalue weighted by atomic mass is 10.1. The van der Waals surface area contributed by atoms with Crippen molar-refractivity contribution in [3.63, 3.8) is 0 Å². The summed E-state index contributed by atoms with van der Waals surface area (Å²) in [5.74, 6) is 0.0973. The van der Waals surface area contributed by atoms with E-state index in [9.17, 15) is 0 Å². The molecule has 0 spiro atoms. The van der Waals surface area contributed by atoms with Gasteiger partial charge in [0.05, 0.1) is 0 Å². The predicted octanol–water partition coefficient (Wildman–Crippen LogP) is -1.29. The summed E-state index contributed by atoms with van der Waals surface area (Å²) in [4.78, 5) is 0. The third kappa shape index (κ3) is 3.39. The fourth-order valence-electron chi connectivity index (χ4n) is 1.56. The van der Waals surface area contributed by atoms with E-state index in [1.165, 1.54) is 0 Å². The molecule has 0 aromatic heterocycles. The smallest absolute Gasteiger partial charge is 0.208 e. The van der Waals surface area contributed by atoms with Crippen molar-refractivity contribution >= 4 is 5.96 Å². The molecule has 0 radical (unpaired) electrons. The van der Waals surface area contributed by atoms with E-state index in [2.05, 4.69) is 34.6 Å². The van der Waals surface area contributed by atoms with Crippen LogP contribution >= 0.6 is 0 Å². The number of hydrazine groups is 1. The van der Waals surface area contributed by atoms with Gasteiger partial charge in [0, 0.05) is 33.2 Å². The Hall–Kier alpha value is -1.01. The number of hydrogen-bond donors (Lipinski definition) is 3. The quantitative estimate of drug-likeness (QED) is 0.300. The normalized spacial score (nSPS) is 19.6. The Morgan fingerprint density at radius 2 is 1.93 bits per heavy atom. The molecule has 5 N–H and O–H groups in total. The maximum Gasteiger partial charge on any atom is 0.208 e. The Morgan fingerprint density at radius 3 is 2.36 bits per heavy atom. The SMILES string of the molecule is CN(C)N1CCC(NN=C(N)N)CC1. The van der Waals surface area contributed by atoms with Gasteiger partial charge in [-0.25, -0.2) is 10.0 Å². The largest absolute Gasteiger partial charge is 0.369 e. The molecule has 0 aromatic carbocycles. The molecular formula is C8H20N6. The zero-order valence-corrected chi connectivity index (χ0v) is 8.90. The summed E-state index contributed by atoms with van der Waals surface area (Å²) in [7, 11) is 4.12. The summed E-state index contributed by atoms with van der Waals surface area (Å²) < 4.78 is 0. The molecular weight excluding hydrogens is 180 g/mol. The number of nitrogens with two attached hydrogens (primary N) is 2. The number of hydrazone groups is 1. The van der Waals surface area contributed by atoms with Gasteiger partial charge in [-0.2, -0.15) is 0 Å². The van der Waals surface area contributed by atoms with Crippen LogP contribution < -0.4 is 16.9 Å². The first-order chi connectivity index (χ1) is 6.59. The van der Waals surface area contributed by atoms with Gasteiger partial charge in [-0.1, -0.05) is 0 Å². The third-order valence-corrected chi connectivity index (χ3v) is 2.41. The molecule has 0 saturated carbocycles. The van der Waals surface area contributed by atoms with Crippen LogP contribution in [-0.4, -0.2) is 49.2 Å². The molecule has 1 aliphatic heterocycles. The monoisotopic (exact) mass is 200 g/mol. The molecule has 6 heteroatoms. The lowest BCUT2D eigenvalue weighted by molar-refractivity contribution is -0.000319. The minimum atomic E-state index is 0.0973. The van der Waals surface area contributed by atoms with Gasteiger partial charge in [0.25, 0.3) is 0 Å². The van der Waals surface area contributed by atoms with Crippen LogP contribution in [0.25, 0.3) is 0 Å². The number of piperidine rings is 1. The van der Waals surface area contributed by atoms with Crippen LogP contribution in [-0.2, 0) is 0 Å². The summed E-state index contributed by atoms with van der Waals surface area (Å²) in [6.45, 7) is 2.09. The van der Waals surface area contributed by atoms with Crippen LogP contribution in [0.4, 0.5) is 0 Å². The fourth-order valence-corrected chi connectivity index (χ4v) is 1.56. The third-order valence-electron chi connectivity index (χ3n) is 2.41. The maximum atomic E-state index is 5.23. The van der Waals surface area contributed by atoms with Crippen LogP contribution in [0.5, 0.6) is 0 Å². The second kappa shape index (κ2) is 5.02. The van der Waals surface area contributed by atoms with E-state index in [0.717, 1.165) is 25.9 Å². The summed E-state index contributed by atoms with van der Waals surface area (Å²) in [6, 6.07) is 0.397. The highest BCUT2D eigenvalue weighted by Gasteiger charge is 2.19. The van der Waals surface area contributed by atoms with Crippen molar-refractivity contribution in [2.75, 3.05) is 27.2 Å². The molecule has 1 aliphatic rings. The van der Waals surface area contributed by atoms with Crippen LogP contribution in [0.3, 0.4) is 0 Å². The first-order valence-corrected chi connectivity index (χ1v) is 4.86. The molecule has 0 atom stereocenters. The van der Waals surface area contributed by atoms with Crippen molar-refractivity contribution in [3.05, 3.63) is 0 Å². The highest BCUT2D eigenvalue weighted by molar-refractivity contribution is 5.75. The van der Waals surface area contributed by atoms with Crippen LogP contribution in [0.2, 0.25) is 0 Å². The van der Waals surface area contributed by atoms with Crippen molar-refractivity contribution in [2.24, 2.45) is 16.6 Å². The minimum absolute atomic E-state index is 0.0973. The first kappa shape index (κ1) is 11.1. The van der Waals surface area contributed by atoms with Crippen LogP contribution in [0.1, 0.15) is 12.8 Å². The number of guanidine groups is 1. The molecule has 0 aromatic rings. The Bertz CT molecular complexity index is 190. The summed E-state index contributed by atoms with van der Waals surface area (Å²) in [5.41, 5.74) is 13.4. The van der Waals surface area contributed by atoms with Crippen molar-refractivity contribution in [1.29, 1.82) is 0 Å². The topological polar surface area (TPSA) is 82.9 Å². The molecule has 1 saturated heterocycles. The van der Waals surface area contributed by atoms with Gasteiger partial charge in [-0.15, -0.1) is 5.10 Å². The Morgan fingerprint density at radius 1 is 1.36 bits per heavy atom. The Labute approximate surface area is 84.9 Å². The van der Waals surface area contributed by atoms with Gasteiger partial charge in [-0.05, 0) is 12.8 Å². The molecule has 14 heavy (non-hydrogen) atoms. The standard InChI is InChI=1S/C8H20N6/c1-13(2)14-5-3-7(4-6-14)11-12-8(9)10/h7,11H,3-6H2,1-2H3,(H4,9,10,12). The molecule has 1 heterocycles. The number of rotatable bonds is 3. The van der Waals surface area contributed by atoms with Gasteiger partial charge >= 0.3 is 0 Å². The summed E-state index contributed by atoms with van der Waals surface area (Å²) >= 11 is 0. The molecule has 1 fully saturated rings. The molecule has 82 valence electrons. The van der Waals surface area contributed by atoms with Crippen LogP contribution in [0, 0.1) is 0 Å². The second-order valence-corrected chi connectivity index (χ2v) is 3.74. The van der Waals surface area contributed by atoms with E-state index in [-0.39, 0.29) is 5.96 Å². The Balaban J connectivity index is 2.25. The average Bonchev–Trinajstić information content (AvgIpc) is 2.15. The molecule has 0 amide bonds. The van der Waals surface area contributed by atoms with E-state index in [1.54, 1.807) is 0 Å². The molecule has 6 nitrogen and oxygen atoms in total. The van der Waals surface area contributed by atoms with E-state index in [4.69, 9.17) is 11.5 Å². The highest BCUT2D eigenvalue weighted by atomic mass is 15.6. The summed E-state index contributed by atoms with van der Waals surface area (Å²) in [6.07, 6.45) is 2.13. The second-order valence-electron chi connectivity index (χ2n) is 3.74. The zero-order chi connectivity index (χ0) is 10.6. The van der Waals surface area contributed by atoms with Gasteiger partial charge < -0.3 is 16.9 Å². The number of hydrogen-bond acceptors (Lipinski definition) is 4. The molecule has 1 rings (SSSR count). The van der Waals surface area contributed by atoms with Crippen molar-refractivity contribution in [2.45, 2.75) is 18.9 Å². The number of nitrogens with zero attached hydrogens (tertiary/aromatic N) is 3. The van der Waals surface area contributed by atoms with Gasteiger partial charge in [0.2, 0.25) is 5.96 Å². The fraction of sp³-hybridized carbons (Fsp3) is 0.875. The van der Waals surface area contributed by atoms with Crippen LogP contribution in [0.15, 0.2) is 5.10 Å². The summed E-state index contributed by atoms with van der Waals surface area (Å²) in [5, 5.41) is 8.23. The lowest BCUT2D eigenvalue weighted by Crippen LogP contribution is -2.47. The van der Waals surface area contributed by atoms with Gasteiger partial charge in [0.15, 0.2) is 0 Å². The molecule has 0 aliphatic carbocycles. The average molecular weight is 200 g/mol. The van der Waals surface area contributed by atoms with Crippen molar-refractivity contribution < 1.29 is 0 Å². The van der Waals surface area contributed by atoms with E-state index >= 15 is 0 Å².